The molecule has 2 rings (SSSR count). The van der Waals surface area contributed by atoms with Crippen LogP contribution in [0.5, 0.6) is 0 Å². The van der Waals surface area contributed by atoms with E-state index in [0.717, 1.165) is 11.3 Å². The number of halogens is 2. The quantitative estimate of drug-likeness (QED) is 0.904. The van der Waals surface area contributed by atoms with E-state index in [1.54, 1.807) is 24.3 Å². The summed E-state index contributed by atoms with van der Waals surface area (Å²) < 4.78 is 0.448. The van der Waals surface area contributed by atoms with Crippen LogP contribution in [0.25, 0.3) is 0 Å². The zero-order valence-electron chi connectivity index (χ0n) is 8.93. The number of nitrogens with one attached hydrogen (secondary N) is 1. The minimum absolute atomic E-state index is 0.396. The van der Waals surface area contributed by atoms with Crippen LogP contribution in [0.4, 0.5) is 5.69 Å². The van der Waals surface area contributed by atoms with Gasteiger partial charge >= 0.3 is 5.97 Å². The average molecular weight is 303 g/mol. The Bertz CT molecular complexity index is 574. The second-order valence-corrected chi connectivity index (χ2v) is 5.56. The highest BCUT2D eigenvalue weighted by molar-refractivity contribution is 7.16. The molecule has 1 aromatic heterocycles. The molecule has 94 valence electrons. The lowest BCUT2D eigenvalue weighted by Crippen LogP contribution is -2.20. The number of aromatic nitrogens is 1. The third-order valence-electron chi connectivity index (χ3n) is 2.12. The minimum atomic E-state index is -1.03. The molecule has 0 aliphatic carbocycles. The predicted octanol–water partition coefficient (Wildman–Crippen LogP) is 3.69. The standard InChI is InChI=1S/C11H8Cl2N2O2S/c12-6-2-1-3-7(4-6)15-9(11(16)17)10-14-5-8(13)18-10/h1-5,9,15H,(H,16,17). The zero-order chi connectivity index (χ0) is 13.1. The van der Waals surface area contributed by atoms with E-state index in [-0.39, 0.29) is 0 Å². The molecular formula is C11H8Cl2N2O2S. The van der Waals surface area contributed by atoms with Crippen molar-refractivity contribution in [1.29, 1.82) is 0 Å². The summed E-state index contributed by atoms with van der Waals surface area (Å²) in [6, 6.07) is 5.88. The summed E-state index contributed by atoms with van der Waals surface area (Å²) in [7, 11) is 0. The van der Waals surface area contributed by atoms with Gasteiger partial charge in [-0.25, -0.2) is 9.78 Å². The van der Waals surface area contributed by atoms with Gasteiger partial charge in [-0.15, -0.1) is 11.3 Å². The molecule has 0 fully saturated rings. The maximum atomic E-state index is 11.2. The SMILES string of the molecule is O=C(O)C(Nc1cccc(Cl)c1)c1ncc(Cl)s1. The maximum absolute atomic E-state index is 11.2. The lowest BCUT2D eigenvalue weighted by Gasteiger charge is -2.13. The molecule has 0 bridgehead atoms. The fraction of sp³-hybridized carbons (Fsp3) is 0.0909. The number of benzene rings is 1. The molecule has 1 heterocycles. The topological polar surface area (TPSA) is 62.2 Å². The number of rotatable bonds is 4. The molecule has 0 spiro atoms. The summed E-state index contributed by atoms with van der Waals surface area (Å²) in [4.78, 5) is 15.2. The predicted molar refractivity (Wildman–Crippen MR) is 72.6 cm³/mol. The van der Waals surface area contributed by atoms with Crippen molar-refractivity contribution in [2.45, 2.75) is 6.04 Å². The Morgan fingerprint density at radius 3 is 2.78 bits per heavy atom. The summed E-state index contributed by atoms with van der Waals surface area (Å²) in [5.41, 5.74) is 0.612. The third kappa shape index (κ3) is 3.13. The van der Waals surface area contributed by atoms with Crippen LogP contribution in [0, 0.1) is 0 Å². The van der Waals surface area contributed by atoms with Gasteiger partial charge in [-0.2, -0.15) is 0 Å². The molecule has 0 radical (unpaired) electrons. The van der Waals surface area contributed by atoms with E-state index >= 15 is 0 Å². The van der Waals surface area contributed by atoms with E-state index in [0.29, 0.717) is 20.1 Å². The van der Waals surface area contributed by atoms with Crippen LogP contribution in [0.3, 0.4) is 0 Å². The molecule has 0 aliphatic heterocycles. The van der Waals surface area contributed by atoms with Crippen molar-refractivity contribution >= 4 is 46.2 Å². The Hall–Kier alpha value is -1.30. The van der Waals surface area contributed by atoms with Gasteiger partial charge in [0.25, 0.3) is 0 Å². The van der Waals surface area contributed by atoms with Crippen molar-refractivity contribution in [2.75, 3.05) is 5.32 Å². The number of aliphatic carboxylic acids is 1. The van der Waals surface area contributed by atoms with E-state index in [9.17, 15) is 9.90 Å². The van der Waals surface area contributed by atoms with Gasteiger partial charge in [-0.05, 0) is 18.2 Å². The van der Waals surface area contributed by atoms with Crippen LogP contribution in [0.1, 0.15) is 11.0 Å². The van der Waals surface area contributed by atoms with Crippen molar-refractivity contribution < 1.29 is 9.90 Å². The van der Waals surface area contributed by atoms with E-state index in [4.69, 9.17) is 23.2 Å². The third-order valence-corrected chi connectivity index (χ3v) is 3.54. The molecule has 7 heteroatoms. The summed E-state index contributed by atoms with van der Waals surface area (Å²) in [6.45, 7) is 0. The van der Waals surface area contributed by atoms with E-state index in [1.807, 2.05) is 0 Å². The van der Waals surface area contributed by atoms with Gasteiger partial charge in [-0.3, -0.25) is 0 Å². The van der Waals surface area contributed by atoms with Gasteiger partial charge < -0.3 is 10.4 Å². The molecule has 1 unspecified atom stereocenters. The van der Waals surface area contributed by atoms with E-state index < -0.39 is 12.0 Å². The van der Waals surface area contributed by atoms with Gasteiger partial charge in [-0.1, -0.05) is 29.3 Å². The van der Waals surface area contributed by atoms with Crippen LogP contribution in [0.15, 0.2) is 30.5 Å². The lowest BCUT2D eigenvalue weighted by atomic mass is 10.2. The van der Waals surface area contributed by atoms with Crippen LogP contribution in [0.2, 0.25) is 9.36 Å². The number of carboxylic acids is 1. The molecule has 0 aliphatic rings. The highest BCUT2D eigenvalue weighted by Crippen LogP contribution is 2.27. The molecule has 18 heavy (non-hydrogen) atoms. The fourth-order valence-electron chi connectivity index (χ4n) is 1.37. The molecule has 2 aromatic rings. The Morgan fingerprint density at radius 2 is 2.22 bits per heavy atom. The van der Waals surface area contributed by atoms with Crippen LogP contribution >= 0.6 is 34.5 Å². The maximum Gasteiger partial charge on any atom is 0.333 e. The van der Waals surface area contributed by atoms with Crippen LogP contribution in [-0.4, -0.2) is 16.1 Å². The average Bonchev–Trinajstić information content (AvgIpc) is 2.72. The summed E-state index contributed by atoms with van der Waals surface area (Å²) in [5, 5.41) is 13.0. The first kappa shape index (κ1) is 13.1. The lowest BCUT2D eigenvalue weighted by molar-refractivity contribution is -0.138. The van der Waals surface area contributed by atoms with Gasteiger partial charge in [0.1, 0.15) is 9.34 Å². The van der Waals surface area contributed by atoms with Gasteiger partial charge in [0.2, 0.25) is 0 Å². The normalized spacial score (nSPS) is 12.1. The number of hydrogen-bond acceptors (Lipinski definition) is 4. The molecule has 0 amide bonds. The summed E-state index contributed by atoms with van der Waals surface area (Å²) in [6.07, 6.45) is 1.43. The Labute approximate surface area is 117 Å². The number of hydrogen-bond donors (Lipinski definition) is 2. The van der Waals surface area contributed by atoms with Gasteiger partial charge in [0, 0.05) is 10.7 Å². The molecule has 0 saturated carbocycles. The van der Waals surface area contributed by atoms with Crippen molar-refractivity contribution in [1.82, 2.24) is 4.98 Å². The number of thiazole rings is 1. The summed E-state index contributed by atoms with van der Waals surface area (Å²) >= 11 is 12.7. The Kier molecular flexibility index (Phi) is 4.06. The number of carboxylic acid groups (broad SMARTS) is 1. The molecule has 4 nitrogen and oxygen atoms in total. The zero-order valence-corrected chi connectivity index (χ0v) is 11.3. The first-order chi connectivity index (χ1) is 8.56. The molecule has 1 atom stereocenters. The van der Waals surface area contributed by atoms with E-state index in [2.05, 4.69) is 10.3 Å². The smallest absolute Gasteiger partial charge is 0.333 e. The number of carbonyl (C=O) groups is 1. The minimum Gasteiger partial charge on any atom is -0.479 e. The molecule has 2 N–H and O–H groups in total. The van der Waals surface area contributed by atoms with Crippen molar-refractivity contribution in [3.05, 3.63) is 44.8 Å². The Balaban J connectivity index is 2.24. The first-order valence-corrected chi connectivity index (χ1v) is 6.49. The van der Waals surface area contributed by atoms with Crippen molar-refractivity contribution in [3.63, 3.8) is 0 Å². The highest BCUT2D eigenvalue weighted by Gasteiger charge is 2.23. The van der Waals surface area contributed by atoms with Crippen molar-refractivity contribution in [3.8, 4) is 0 Å². The largest absolute Gasteiger partial charge is 0.479 e. The molecular weight excluding hydrogens is 295 g/mol. The molecule has 1 aromatic carbocycles. The van der Waals surface area contributed by atoms with E-state index in [1.165, 1.54) is 6.20 Å². The first-order valence-electron chi connectivity index (χ1n) is 4.92. The van der Waals surface area contributed by atoms with Crippen molar-refractivity contribution in [2.24, 2.45) is 0 Å². The van der Waals surface area contributed by atoms with Gasteiger partial charge in [0.05, 0.1) is 6.20 Å². The summed E-state index contributed by atoms with van der Waals surface area (Å²) in [5.74, 6) is -1.03. The van der Waals surface area contributed by atoms with Crippen LogP contribution in [-0.2, 0) is 4.79 Å². The fourth-order valence-corrected chi connectivity index (χ4v) is 2.54. The second-order valence-electron chi connectivity index (χ2n) is 3.43. The number of anilines is 1. The van der Waals surface area contributed by atoms with Gasteiger partial charge in [0.15, 0.2) is 6.04 Å². The number of nitrogens with zero attached hydrogens (tertiary/aromatic N) is 1. The monoisotopic (exact) mass is 302 g/mol. The second kappa shape index (κ2) is 5.56. The Morgan fingerprint density at radius 1 is 1.44 bits per heavy atom. The highest BCUT2D eigenvalue weighted by atomic mass is 35.5. The van der Waals surface area contributed by atoms with Crippen LogP contribution < -0.4 is 5.32 Å². The molecule has 0 saturated heterocycles.